The summed E-state index contributed by atoms with van der Waals surface area (Å²) in [4.78, 5) is 29.8. The lowest BCUT2D eigenvalue weighted by Crippen LogP contribution is -2.38. The minimum Gasteiger partial charge on any atom is -0.507 e. The van der Waals surface area contributed by atoms with Crippen molar-refractivity contribution < 1.29 is 28.6 Å². The molecule has 34 heavy (non-hydrogen) atoms. The maximum Gasteiger partial charge on any atom is 0.295 e. The summed E-state index contributed by atoms with van der Waals surface area (Å²) < 4.78 is 24.1. The maximum atomic E-state index is 13.6. The molecule has 0 saturated carbocycles. The van der Waals surface area contributed by atoms with Crippen LogP contribution in [0.15, 0.2) is 48.0 Å². The molecule has 2 aromatic carbocycles. The van der Waals surface area contributed by atoms with Crippen LogP contribution in [0.3, 0.4) is 0 Å². The molecular formula is C25H26ClFN2O5. The van der Waals surface area contributed by atoms with Crippen LogP contribution in [0, 0.1) is 5.82 Å². The first-order valence-electron chi connectivity index (χ1n) is 11.1. The summed E-state index contributed by atoms with van der Waals surface area (Å²) >= 11 is 6.21. The molecule has 2 saturated heterocycles. The van der Waals surface area contributed by atoms with Gasteiger partial charge < -0.3 is 19.5 Å². The number of halogens is 2. The number of hydrogen-bond acceptors (Lipinski definition) is 6. The van der Waals surface area contributed by atoms with Crippen LogP contribution in [0.4, 0.5) is 4.39 Å². The molecule has 7 nitrogen and oxygen atoms in total. The molecule has 9 heteroatoms. The van der Waals surface area contributed by atoms with E-state index in [1.54, 1.807) is 12.1 Å². The number of ketones is 1. The minimum atomic E-state index is -0.842. The molecule has 2 aliphatic heterocycles. The van der Waals surface area contributed by atoms with Crippen molar-refractivity contribution in [1.29, 1.82) is 0 Å². The number of ether oxygens (including phenoxy) is 2. The summed E-state index contributed by atoms with van der Waals surface area (Å²) in [5.74, 6) is -1.85. The number of carbonyl (C=O) groups excluding carboxylic acids is 2. The van der Waals surface area contributed by atoms with E-state index in [4.69, 9.17) is 21.1 Å². The van der Waals surface area contributed by atoms with Gasteiger partial charge in [0.2, 0.25) is 0 Å². The SMILES string of the molecule is COc1ccc(C(O)=C2C(=O)C(=O)N(CCCN3CCOCC3)[C@@H]2c2ccc(F)cc2)cc1Cl. The maximum absolute atomic E-state index is 13.6. The van der Waals surface area contributed by atoms with Crippen molar-refractivity contribution in [1.82, 2.24) is 9.80 Å². The molecule has 2 aromatic rings. The van der Waals surface area contributed by atoms with Gasteiger partial charge in [-0.1, -0.05) is 23.7 Å². The van der Waals surface area contributed by atoms with Crippen molar-refractivity contribution in [3.63, 3.8) is 0 Å². The van der Waals surface area contributed by atoms with Gasteiger partial charge in [-0.15, -0.1) is 0 Å². The van der Waals surface area contributed by atoms with Gasteiger partial charge >= 0.3 is 0 Å². The molecular weight excluding hydrogens is 463 g/mol. The Morgan fingerprint density at radius 3 is 2.50 bits per heavy atom. The Hall–Kier alpha value is -2.94. The fraction of sp³-hybridized carbons (Fsp3) is 0.360. The number of hydrogen-bond donors (Lipinski definition) is 1. The molecule has 2 fully saturated rings. The number of aliphatic hydroxyl groups is 1. The van der Waals surface area contributed by atoms with E-state index in [2.05, 4.69) is 4.90 Å². The second-order valence-corrected chi connectivity index (χ2v) is 8.61. The van der Waals surface area contributed by atoms with Crippen LogP contribution in [-0.2, 0) is 14.3 Å². The summed E-state index contributed by atoms with van der Waals surface area (Å²) in [5, 5.41) is 11.4. The highest BCUT2D eigenvalue weighted by molar-refractivity contribution is 6.46. The van der Waals surface area contributed by atoms with Crippen molar-refractivity contribution in [2.75, 3.05) is 46.5 Å². The molecule has 0 bridgehead atoms. The van der Waals surface area contributed by atoms with E-state index < -0.39 is 23.5 Å². The van der Waals surface area contributed by atoms with Gasteiger partial charge in [0.15, 0.2) is 0 Å². The van der Waals surface area contributed by atoms with Gasteiger partial charge in [-0.2, -0.15) is 0 Å². The summed E-state index contributed by atoms with van der Waals surface area (Å²) in [7, 11) is 1.47. The molecule has 1 atom stereocenters. The molecule has 2 aliphatic rings. The normalized spacial score (nSPS) is 20.7. The van der Waals surface area contributed by atoms with Gasteiger partial charge in [-0.05, 0) is 42.3 Å². The number of methoxy groups -OCH3 is 1. The van der Waals surface area contributed by atoms with Gasteiger partial charge in [-0.3, -0.25) is 14.5 Å². The number of rotatable bonds is 7. The van der Waals surface area contributed by atoms with Crippen LogP contribution >= 0.6 is 11.6 Å². The number of carbonyl (C=O) groups is 2. The first kappa shape index (κ1) is 24.2. The van der Waals surface area contributed by atoms with Gasteiger partial charge in [0.25, 0.3) is 11.7 Å². The van der Waals surface area contributed by atoms with Crippen LogP contribution < -0.4 is 4.74 Å². The lowest BCUT2D eigenvalue weighted by molar-refractivity contribution is -0.140. The van der Waals surface area contributed by atoms with Gasteiger partial charge in [-0.25, -0.2) is 4.39 Å². The molecule has 1 amide bonds. The highest BCUT2D eigenvalue weighted by atomic mass is 35.5. The number of benzene rings is 2. The molecule has 0 aliphatic carbocycles. The molecule has 1 N–H and O–H groups in total. The minimum absolute atomic E-state index is 0.0517. The second-order valence-electron chi connectivity index (χ2n) is 8.20. The van der Waals surface area contributed by atoms with E-state index in [0.717, 1.165) is 19.6 Å². The van der Waals surface area contributed by atoms with Gasteiger partial charge in [0.1, 0.15) is 17.3 Å². The number of aliphatic hydroxyl groups excluding tert-OH is 1. The Morgan fingerprint density at radius 2 is 1.85 bits per heavy atom. The Balaban J connectivity index is 1.68. The number of Topliss-reactive ketones (excluding diaryl/α,β-unsaturated/α-hetero) is 1. The molecule has 2 heterocycles. The fourth-order valence-corrected chi connectivity index (χ4v) is 4.62. The fourth-order valence-electron chi connectivity index (χ4n) is 4.36. The highest BCUT2D eigenvalue weighted by Crippen LogP contribution is 2.40. The largest absolute Gasteiger partial charge is 0.507 e. The van der Waals surface area contributed by atoms with Crippen LogP contribution in [0.1, 0.15) is 23.6 Å². The van der Waals surface area contributed by atoms with E-state index in [1.165, 1.54) is 42.3 Å². The topological polar surface area (TPSA) is 79.3 Å². The number of amides is 1. The quantitative estimate of drug-likeness (QED) is 0.364. The molecule has 0 radical (unpaired) electrons. The van der Waals surface area contributed by atoms with Crippen LogP contribution in [0.25, 0.3) is 5.76 Å². The molecule has 180 valence electrons. The zero-order valence-electron chi connectivity index (χ0n) is 18.8. The smallest absolute Gasteiger partial charge is 0.295 e. The third-order valence-electron chi connectivity index (χ3n) is 6.13. The number of morpholine rings is 1. The van der Waals surface area contributed by atoms with E-state index in [0.29, 0.717) is 37.5 Å². The second kappa shape index (κ2) is 10.5. The molecule has 0 unspecified atom stereocenters. The Labute approximate surface area is 202 Å². The van der Waals surface area contributed by atoms with E-state index >= 15 is 0 Å². The first-order chi connectivity index (χ1) is 16.4. The third kappa shape index (κ3) is 4.94. The summed E-state index contributed by atoms with van der Waals surface area (Å²) in [6, 6.07) is 9.36. The van der Waals surface area contributed by atoms with Crippen molar-refractivity contribution in [2.24, 2.45) is 0 Å². The monoisotopic (exact) mass is 488 g/mol. The Bertz CT molecular complexity index is 1100. The summed E-state index contributed by atoms with van der Waals surface area (Å²) in [5.41, 5.74) is 0.765. The number of likely N-dealkylation sites (tertiary alicyclic amines) is 1. The van der Waals surface area contributed by atoms with Crippen molar-refractivity contribution in [3.8, 4) is 5.75 Å². The van der Waals surface area contributed by atoms with E-state index in [1.807, 2.05) is 0 Å². The van der Waals surface area contributed by atoms with E-state index in [-0.39, 0.29) is 21.9 Å². The molecule has 4 rings (SSSR count). The lowest BCUT2D eigenvalue weighted by Gasteiger charge is -2.29. The van der Waals surface area contributed by atoms with E-state index in [9.17, 15) is 19.1 Å². The van der Waals surface area contributed by atoms with Crippen molar-refractivity contribution in [3.05, 3.63) is 70.0 Å². The Kier molecular flexibility index (Phi) is 7.50. The van der Waals surface area contributed by atoms with Gasteiger partial charge in [0, 0.05) is 31.7 Å². The van der Waals surface area contributed by atoms with Crippen LogP contribution in [-0.4, -0.2) is 73.1 Å². The summed E-state index contributed by atoms with van der Waals surface area (Å²) in [6.07, 6.45) is 0.638. The van der Waals surface area contributed by atoms with Crippen molar-refractivity contribution in [2.45, 2.75) is 12.5 Å². The Morgan fingerprint density at radius 1 is 1.15 bits per heavy atom. The predicted molar refractivity (Wildman–Crippen MR) is 125 cm³/mol. The van der Waals surface area contributed by atoms with Gasteiger partial charge in [0.05, 0.1) is 37.0 Å². The van der Waals surface area contributed by atoms with Crippen LogP contribution in [0.5, 0.6) is 5.75 Å². The molecule has 0 spiro atoms. The van der Waals surface area contributed by atoms with Crippen molar-refractivity contribution >= 4 is 29.1 Å². The average molecular weight is 489 g/mol. The summed E-state index contributed by atoms with van der Waals surface area (Å²) in [6.45, 7) is 4.03. The highest BCUT2D eigenvalue weighted by Gasteiger charge is 2.45. The lowest BCUT2D eigenvalue weighted by atomic mass is 9.95. The standard InChI is InChI=1S/C25H26ClFN2O5/c1-33-20-8-5-17(15-19(20)26)23(30)21-22(16-3-6-18(27)7-4-16)29(25(32)24(21)31)10-2-9-28-11-13-34-14-12-28/h3-8,15,22,30H,2,9-14H2,1H3/t22-/m1/s1. The zero-order chi connectivity index (χ0) is 24.2. The average Bonchev–Trinajstić information content (AvgIpc) is 3.09. The third-order valence-corrected chi connectivity index (χ3v) is 6.42. The molecule has 0 aromatic heterocycles. The first-order valence-corrected chi connectivity index (χ1v) is 11.5. The predicted octanol–water partition coefficient (Wildman–Crippen LogP) is 3.63. The van der Waals surface area contributed by atoms with Crippen LogP contribution in [0.2, 0.25) is 5.02 Å². The number of nitrogens with zero attached hydrogens (tertiary/aromatic N) is 2. The zero-order valence-corrected chi connectivity index (χ0v) is 19.6.